The number of sulfonamides is 1. The van der Waals surface area contributed by atoms with Gasteiger partial charge in [-0.3, -0.25) is 13.9 Å². The van der Waals surface area contributed by atoms with Crippen molar-refractivity contribution in [3.05, 3.63) is 90.0 Å². The van der Waals surface area contributed by atoms with Crippen LogP contribution in [0.15, 0.2) is 83.8 Å². The Morgan fingerprint density at radius 2 is 1.59 bits per heavy atom. The monoisotopic (exact) mass is 577 g/mol. The number of carbonyl (C=O) groups is 2. The van der Waals surface area contributed by atoms with Crippen LogP contribution >= 0.6 is 0 Å². The number of hydrogen-bond acceptors (Lipinski definition) is 5. The number of hydrogen-bond donors (Lipinski definition) is 1. The van der Waals surface area contributed by atoms with Crippen LogP contribution in [0.2, 0.25) is 0 Å². The summed E-state index contributed by atoms with van der Waals surface area (Å²) in [4.78, 5) is 29.1. The second kappa shape index (κ2) is 13.7. The Kier molecular flexibility index (Phi) is 10.0. The first-order valence-corrected chi connectivity index (χ1v) is 15.6. The number of nitrogens with one attached hydrogen (secondary N) is 1. The molecule has 0 aromatic heterocycles. The van der Waals surface area contributed by atoms with Crippen LogP contribution in [0.3, 0.4) is 0 Å². The maximum atomic E-state index is 14.2. The maximum Gasteiger partial charge on any atom is 0.264 e. The summed E-state index contributed by atoms with van der Waals surface area (Å²) in [6.45, 7) is 5.44. The standard InChI is InChI=1S/C32H39N3O5S/c1-4-40-30-21-13-12-20-29(30)35(41(38,39)28-18-6-5-7-19-28)23-31(36)34(22-26-15-9-8-14-24(26)2)25(3)32(37)33-27-16-10-11-17-27/h5-9,12-15,18-21,25,27H,4,10-11,16-17,22-23H2,1-3H3,(H,33,37). The highest BCUT2D eigenvalue weighted by Crippen LogP contribution is 2.33. The maximum absolute atomic E-state index is 14.2. The summed E-state index contributed by atoms with van der Waals surface area (Å²) in [7, 11) is -4.16. The van der Waals surface area contributed by atoms with Crippen LogP contribution in [0.1, 0.15) is 50.7 Å². The predicted molar refractivity (Wildman–Crippen MR) is 160 cm³/mol. The highest BCUT2D eigenvalue weighted by Gasteiger charge is 2.34. The van der Waals surface area contributed by atoms with E-state index in [1.807, 2.05) is 38.1 Å². The van der Waals surface area contributed by atoms with E-state index in [1.165, 1.54) is 17.0 Å². The molecule has 3 aromatic carbocycles. The number of carbonyl (C=O) groups excluding carboxylic acids is 2. The molecule has 4 rings (SSSR count). The summed E-state index contributed by atoms with van der Waals surface area (Å²) in [5.74, 6) is -0.390. The Bertz CT molecular complexity index is 1440. The van der Waals surface area contributed by atoms with Crippen LogP contribution in [0, 0.1) is 6.92 Å². The highest BCUT2D eigenvalue weighted by molar-refractivity contribution is 7.92. The van der Waals surface area contributed by atoms with Gasteiger partial charge in [-0.2, -0.15) is 0 Å². The van der Waals surface area contributed by atoms with Crippen molar-refractivity contribution in [3.8, 4) is 5.75 Å². The second-order valence-electron chi connectivity index (χ2n) is 10.3. The average molecular weight is 578 g/mol. The smallest absolute Gasteiger partial charge is 0.264 e. The molecular weight excluding hydrogens is 538 g/mol. The molecule has 1 aliphatic rings. The number of para-hydroxylation sites is 2. The molecule has 0 spiro atoms. The number of rotatable bonds is 12. The van der Waals surface area contributed by atoms with Crippen LogP contribution < -0.4 is 14.4 Å². The Morgan fingerprint density at radius 1 is 0.951 bits per heavy atom. The molecule has 1 aliphatic carbocycles. The van der Waals surface area contributed by atoms with Crippen molar-refractivity contribution in [1.29, 1.82) is 0 Å². The van der Waals surface area contributed by atoms with Crippen molar-refractivity contribution in [1.82, 2.24) is 10.2 Å². The van der Waals surface area contributed by atoms with Crippen molar-refractivity contribution >= 4 is 27.5 Å². The van der Waals surface area contributed by atoms with E-state index in [0.29, 0.717) is 12.4 Å². The number of ether oxygens (including phenoxy) is 1. The minimum absolute atomic E-state index is 0.0524. The summed E-state index contributed by atoms with van der Waals surface area (Å²) in [5.41, 5.74) is 2.11. The molecule has 41 heavy (non-hydrogen) atoms. The molecule has 0 heterocycles. The first kappa shape index (κ1) is 30.1. The zero-order chi connectivity index (χ0) is 29.4. The van der Waals surface area contributed by atoms with E-state index in [2.05, 4.69) is 5.32 Å². The van der Waals surface area contributed by atoms with Gasteiger partial charge in [-0.05, 0) is 69.0 Å². The molecule has 1 unspecified atom stereocenters. The van der Waals surface area contributed by atoms with E-state index < -0.39 is 28.5 Å². The lowest BCUT2D eigenvalue weighted by atomic mass is 10.1. The second-order valence-corrected chi connectivity index (χ2v) is 12.2. The van der Waals surface area contributed by atoms with Gasteiger partial charge < -0.3 is 15.0 Å². The van der Waals surface area contributed by atoms with Crippen molar-refractivity contribution in [2.24, 2.45) is 0 Å². The van der Waals surface area contributed by atoms with Crippen LogP contribution in [-0.2, 0) is 26.2 Å². The Hall–Kier alpha value is -3.85. The van der Waals surface area contributed by atoms with Gasteiger partial charge in [0.25, 0.3) is 10.0 Å². The van der Waals surface area contributed by atoms with Gasteiger partial charge in [0.15, 0.2) is 0 Å². The number of amides is 2. The zero-order valence-electron chi connectivity index (χ0n) is 24.0. The first-order chi connectivity index (χ1) is 19.7. The molecule has 1 fully saturated rings. The Balaban J connectivity index is 1.72. The van der Waals surface area contributed by atoms with Gasteiger partial charge in [0.1, 0.15) is 18.3 Å². The van der Waals surface area contributed by atoms with E-state index in [1.54, 1.807) is 49.4 Å². The van der Waals surface area contributed by atoms with E-state index >= 15 is 0 Å². The fraction of sp³-hybridized carbons (Fsp3) is 0.375. The third-order valence-corrected chi connectivity index (χ3v) is 9.29. The molecular formula is C32H39N3O5S. The van der Waals surface area contributed by atoms with Crippen molar-refractivity contribution in [3.63, 3.8) is 0 Å². The number of benzene rings is 3. The van der Waals surface area contributed by atoms with Crippen molar-refractivity contribution < 1.29 is 22.7 Å². The van der Waals surface area contributed by atoms with Crippen LogP contribution in [0.4, 0.5) is 5.69 Å². The summed E-state index contributed by atoms with van der Waals surface area (Å²) < 4.78 is 34.9. The fourth-order valence-corrected chi connectivity index (χ4v) is 6.57. The highest BCUT2D eigenvalue weighted by atomic mass is 32.2. The minimum Gasteiger partial charge on any atom is -0.492 e. The topological polar surface area (TPSA) is 96.0 Å². The van der Waals surface area contributed by atoms with Crippen LogP contribution in [0.25, 0.3) is 0 Å². The molecule has 9 heteroatoms. The third-order valence-electron chi connectivity index (χ3n) is 7.51. The molecule has 0 aliphatic heterocycles. The number of aryl methyl sites for hydroxylation is 1. The largest absolute Gasteiger partial charge is 0.492 e. The van der Waals surface area contributed by atoms with Gasteiger partial charge >= 0.3 is 0 Å². The molecule has 1 saturated carbocycles. The Morgan fingerprint density at radius 3 is 2.27 bits per heavy atom. The van der Waals surface area contributed by atoms with E-state index in [-0.39, 0.29) is 29.1 Å². The molecule has 0 saturated heterocycles. The van der Waals surface area contributed by atoms with Gasteiger partial charge in [-0.25, -0.2) is 8.42 Å². The molecule has 1 N–H and O–H groups in total. The zero-order valence-corrected chi connectivity index (χ0v) is 24.8. The van der Waals surface area contributed by atoms with Gasteiger partial charge in [0.05, 0.1) is 17.2 Å². The lowest BCUT2D eigenvalue weighted by molar-refractivity contribution is -0.139. The lowest BCUT2D eigenvalue weighted by Gasteiger charge is -2.33. The molecule has 2 amide bonds. The third kappa shape index (κ3) is 7.27. The summed E-state index contributed by atoms with van der Waals surface area (Å²) >= 11 is 0. The molecule has 8 nitrogen and oxygen atoms in total. The van der Waals surface area contributed by atoms with E-state index in [9.17, 15) is 18.0 Å². The van der Waals surface area contributed by atoms with Gasteiger partial charge in [0.2, 0.25) is 11.8 Å². The molecule has 3 aromatic rings. The molecule has 0 radical (unpaired) electrons. The number of anilines is 1. The lowest BCUT2D eigenvalue weighted by Crippen LogP contribution is -2.52. The Labute approximate surface area is 243 Å². The van der Waals surface area contributed by atoms with Crippen molar-refractivity contribution in [2.45, 2.75) is 70.0 Å². The summed E-state index contributed by atoms with van der Waals surface area (Å²) in [6, 6.07) is 21.7. The van der Waals surface area contributed by atoms with E-state index in [0.717, 1.165) is 41.1 Å². The van der Waals surface area contributed by atoms with Crippen molar-refractivity contribution in [2.75, 3.05) is 17.5 Å². The van der Waals surface area contributed by atoms with Gasteiger partial charge in [-0.15, -0.1) is 0 Å². The SMILES string of the molecule is CCOc1ccccc1N(CC(=O)N(Cc1ccccc1C)C(C)C(=O)NC1CCCC1)S(=O)(=O)c1ccccc1. The fourth-order valence-electron chi connectivity index (χ4n) is 5.12. The van der Waals surface area contributed by atoms with Gasteiger partial charge in [0, 0.05) is 12.6 Å². The minimum atomic E-state index is -4.16. The number of nitrogens with zero attached hydrogens (tertiary/aromatic N) is 2. The van der Waals surface area contributed by atoms with Crippen LogP contribution in [-0.4, -0.2) is 50.4 Å². The average Bonchev–Trinajstić information content (AvgIpc) is 3.49. The van der Waals surface area contributed by atoms with E-state index in [4.69, 9.17) is 4.74 Å². The summed E-state index contributed by atoms with van der Waals surface area (Å²) in [6.07, 6.45) is 3.97. The summed E-state index contributed by atoms with van der Waals surface area (Å²) in [5, 5.41) is 3.10. The van der Waals surface area contributed by atoms with Crippen LogP contribution in [0.5, 0.6) is 5.75 Å². The van der Waals surface area contributed by atoms with Gasteiger partial charge in [-0.1, -0.05) is 67.4 Å². The normalized spacial score (nSPS) is 14.3. The first-order valence-electron chi connectivity index (χ1n) is 14.2. The predicted octanol–water partition coefficient (Wildman–Crippen LogP) is 5.07. The molecule has 218 valence electrons. The molecule has 0 bridgehead atoms. The molecule has 1 atom stereocenters. The quantitative estimate of drug-likeness (QED) is 0.325.